The molecule has 2 aromatic rings. The molecule has 14 heavy (non-hydrogen) atoms. The third-order valence-corrected chi connectivity index (χ3v) is 4.56. The van der Waals surface area contributed by atoms with Crippen molar-refractivity contribution in [3.8, 4) is 9.75 Å². The highest BCUT2D eigenvalue weighted by atomic mass is 32.1. The van der Waals surface area contributed by atoms with Gasteiger partial charge in [-0.05, 0) is 23.3 Å². The summed E-state index contributed by atoms with van der Waals surface area (Å²) in [6.45, 7) is 0. The first kappa shape index (κ1) is 8.28. The Labute approximate surface area is 89.1 Å². The number of rotatable bonds is 0. The van der Waals surface area contributed by atoms with Crippen molar-refractivity contribution in [3.63, 3.8) is 0 Å². The fourth-order valence-electron chi connectivity index (χ4n) is 1.83. The molecule has 72 valence electrons. The first-order valence-electron chi connectivity index (χ1n) is 4.21. The van der Waals surface area contributed by atoms with Gasteiger partial charge in [-0.15, -0.1) is 22.7 Å². The molecular weight excluding hydrogens is 214 g/mol. The minimum absolute atomic E-state index is 0.0397. The third-order valence-electron chi connectivity index (χ3n) is 2.44. The predicted octanol–water partition coefficient (Wildman–Crippen LogP) is 2.00. The molecule has 5 heteroatoms. The average molecular weight is 223 g/mol. The Morgan fingerprint density at radius 2 is 1.36 bits per heavy atom. The maximum atomic E-state index is 6.09. The molecule has 2 heterocycles. The van der Waals surface area contributed by atoms with E-state index in [0.717, 1.165) is 21.1 Å². The standard InChI is InChI=1S/C9H9N3S2/c10-5-1-3-7(12)4-2-6(11)14-9(4)8(3)13-5/h1-2,7H,10-12H2. The monoisotopic (exact) mass is 223 g/mol. The van der Waals surface area contributed by atoms with Crippen LogP contribution in [0.4, 0.5) is 10.0 Å². The molecule has 0 fully saturated rings. The molecule has 0 spiro atoms. The molecule has 3 nitrogen and oxygen atoms in total. The number of thiophene rings is 2. The quantitative estimate of drug-likeness (QED) is 0.639. The summed E-state index contributed by atoms with van der Waals surface area (Å²) in [4.78, 5) is 2.40. The summed E-state index contributed by atoms with van der Waals surface area (Å²) in [6.07, 6.45) is 0. The van der Waals surface area contributed by atoms with E-state index in [1.807, 2.05) is 12.1 Å². The number of hydrogen-bond acceptors (Lipinski definition) is 5. The lowest BCUT2D eigenvalue weighted by Crippen LogP contribution is -2.06. The highest BCUT2D eigenvalue weighted by molar-refractivity contribution is 7.26. The van der Waals surface area contributed by atoms with Gasteiger partial charge in [0.25, 0.3) is 0 Å². The average Bonchev–Trinajstić information content (AvgIpc) is 2.71. The maximum Gasteiger partial charge on any atom is 0.0866 e. The van der Waals surface area contributed by atoms with Gasteiger partial charge < -0.3 is 17.2 Å². The van der Waals surface area contributed by atoms with Gasteiger partial charge in [-0.25, -0.2) is 0 Å². The number of nitrogen functional groups attached to an aromatic ring is 2. The fraction of sp³-hybridized carbons (Fsp3) is 0.111. The zero-order chi connectivity index (χ0) is 9.87. The van der Waals surface area contributed by atoms with Gasteiger partial charge in [-0.2, -0.15) is 0 Å². The molecule has 0 bridgehead atoms. The SMILES string of the molecule is Nc1cc2c(s1)-c1sc(N)cc1C2N. The van der Waals surface area contributed by atoms with E-state index >= 15 is 0 Å². The normalized spacial score (nSPS) is 14.4. The van der Waals surface area contributed by atoms with Crippen molar-refractivity contribution in [3.05, 3.63) is 23.3 Å². The summed E-state index contributed by atoms with van der Waals surface area (Å²) in [6, 6.07) is 3.89. The van der Waals surface area contributed by atoms with E-state index in [-0.39, 0.29) is 6.04 Å². The van der Waals surface area contributed by atoms with Gasteiger partial charge in [0.2, 0.25) is 0 Å². The molecule has 0 saturated carbocycles. The molecule has 6 N–H and O–H groups in total. The van der Waals surface area contributed by atoms with Crippen LogP contribution in [0, 0.1) is 0 Å². The summed E-state index contributed by atoms with van der Waals surface area (Å²) >= 11 is 3.18. The Kier molecular flexibility index (Phi) is 1.48. The van der Waals surface area contributed by atoms with Gasteiger partial charge in [0, 0.05) is 0 Å². The zero-order valence-corrected chi connectivity index (χ0v) is 8.91. The predicted molar refractivity (Wildman–Crippen MR) is 62.5 cm³/mol. The number of hydrogen-bond donors (Lipinski definition) is 3. The van der Waals surface area contributed by atoms with Crippen molar-refractivity contribution in [1.29, 1.82) is 0 Å². The highest BCUT2D eigenvalue weighted by Gasteiger charge is 2.30. The van der Waals surface area contributed by atoms with Crippen molar-refractivity contribution in [2.75, 3.05) is 11.5 Å². The van der Waals surface area contributed by atoms with E-state index in [2.05, 4.69) is 0 Å². The lowest BCUT2D eigenvalue weighted by atomic mass is 10.1. The van der Waals surface area contributed by atoms with Crippen LogP contribution in [0.15, 0.2) is 12.1 Å². The van der Waals surface area contributed by atoms with E-state index in [4.69, 9.17) is 17.2 Å². The van der Waals surface area contributed by atoms with Crippen molar-refractivity contribution in [2.45, 2.75) is 6.04 Å². The summed E-state index contributed by atoms with van der Waals surface area (Å²) < 4.78 is 0. The molecule has 3 rings (SSSR count). The summed E-state index contributed by atoms with van der Waals surface area (Å²) in [5.41, 5.74) is 19.9. The Hall–Kier alpha value is -1.04. The van der Waals surface area contributed by atoms with Crippen LogP contribution >= 0.6 is 22.7 Å². The van der Waals surface area contributed by atoms with E-state index in [1.54, 1.807) is 22.7 Å². The van der Waals surface area contributed by atoms with Crippen LogP contribution in [0.25, 0.3) is 9.75 Å². The van der Waals surface area contributed by atoms with Gasteiger partial charge in [0.05, 0.1) is 25.8 Å². The number of fused-ring (bicyclic) bond motifs is 3. The van der Waals surface area contributed by atoms with Crippen LogP contribution in [0.1, 0.15) is 17.2 Å². The summed E-state index contributed by atoms with van der Waals surface area (Å²) in [7, 11) is 0. The van der Waals surface area contributed by atoms with E-state index in [0.29, 0.717) is 0 Å². The van der Waals surface area contributed by atoms with Crippen molar-refractivity contribution < 1.29 is 0 Å². The first-order valence-corrected chi connectivity index (χ1v) is 5.84. The molecule has 0 aromatic carbocycles. The van der Waals surface area contributed by atoms with Crippen LogP contribution in [0.3, 0.4) is 0 Å². The Morgan fingerprint density at radius 3 is 1.79 bits per heavy atom. The minimum Gasteiger partial charge on any atom is -0.391 e. The smallest absolute Gasteiger partial charge is 0.0866 e. The topological polar surface area (TPSA) is 78.1 Å². The molecule has 0 saturated heterocycles. The minimum atomic E-state index is -0.0397. The molecule has 0 amide bonds. The van der Waals surface area contributed by atoms with Crippen LogP contribution in [-0.4, -0.2) is 0 Å². The Balaban J connectivity index is 2.32. The van der Waals surface area contributed by atoms with Crippen LogP contribution in [0.2, 0.25) is 0 Å². The number of anilines is 2. The van der Waals surface area contributed by atoms with Gasteiger partial charge in [-0.3, -0.25) is 0 Å². The van der Waals surface area contributed by atoms with E-state index in [9.17, 15) is 0 Å². The van der Waals surface area contributed by atoms with Crippen molar-refractivity contribution in [1.82, 2.24) is 0 Å². The molecule has 0 unspecified atom stereocenters. The molecule has 0 radical (unpaired) electrons. The van der Waals surface area contributed by atoms with Gasteiger partial charge in [0.15, 0.2) is 0 Å². The van der Waals surface area contributed by atoms with E-state index in [1.165, 1.54) is 9.75 Å². The summed E-state index contributed by atoms with van der Waals surface area (Å²) in [5, 5.41) is 1.64. The van der Waals surface area contributed by atoms with Gasteiger partial charge in [-0.1, -0.05) is 0 Å². The molecule has 2 aromatic heterocycles. The Bertz CT molecular complexity index is 466. The lowest BCUT2D eigenvalue weighted by Gasteiger charge is -2.01. The third kappa shape index (κ3) is 0.890. The second kappa shape index (κ2) is 2.50. The highest BCUT2D eigenvalue weighted by Crippen LogP contribution is 2.52. The van der Waals surface area contributed by atoms with Crippen LogP contribution in [-0.2, 0) is 0 Å². The molecule has 0 aliphatic heterocycles. The van der Waals surface area contributed by atoms with Crippen LogP contribution in [0.5, 0.6) is 0 Å². The lowest BCUT2D eigenvalue weighted by molar-refractivity contribution is 0.907. The maximum absolute atomic E-state index is 6.09. The largest absolute Gasteiger partial charge is 0.391 e. The fourth-order valence-corrected chi connectivity index (χ4v) is 3.96. The second-order valence-corrected chi connectivity index (χ2v) is 5.51. The molecule has 1 aliphatic carbocycles. The van der Waals surface area contributed by atoms with Crippen molar-refractivity contribution >= 4 is 32.7 Å². The van der Waals surface area contributed by atoms with Gasteiger partial charge >= 0.3 is 0 Å². The van der Waals surface area contributed by atoms with Gasteiger partial charge in [0.1, 0.15) is 0 Å². The molecule has 1 aliphatic rings. The van der Waals surface area contributed by atoms with Crippen LogP contribution < -0.4 is 17.2 Å². The van der Waals surface area contributed by atoms with E-state index < -0.39 is 0 Å². The second-order valence-electron chi connectivity index (χ2n) is 3.34. The molecule has 0 atom stereocenters. The zero-order valence-electron chi connectivity index (χ0n) is 7.28. The molecular formula is C9H9N3S2. The Morgan fingerprint density at radius 1 is 0.929 bits per heavy atom. The summed E-state index contributed by atoms with van der Waals surface area (Å²) in [5.74, 6) is 0. The number of nitrogens with two attached hydrogens (primary N) is 3. The first-order chi connectivity index (χ1) is 6.66. The van der Waals surface area contributed by atoms with Crippen molar-refractivity contribution in [2.24, 2.45) is 5.73 Å².